The van der Waals surface area contributed by atoms with Crippen LogP contribution in [0.5, 0.6) is 0 Å². The van der Waals surface area contributed by atoms with Crippen molar-refractivity contribution in [2.75, 3.05) is 13.2 Å². The minimum atomic E-state index is -0.761. The van der Waals surface area contributed by atoms with E-state index in [0.29, 0.717) is 19.3 Å². The van der Waals surface area contributed by atoms with Crippen molar-refractivity contribution in [3.8, 4) is 0 Å². The number of hydrogen-bond acceptors (Lipinski definition) is 6. The van der Waals surface area contributed by atoms with E-state index in [9.17, 15) is 14.4 Å². The Labute approximate surface area is 323 Å². The molecular formula is C46H88O6. The van der Waals surface area contributed by atoms with Gasteiger partial charge in [0.05, 0.1) is 0 Å². The van der Waals surface area contributed by atoms with E-state index in [-0.39, 0.29) is 31.1 Å². The fourth-order valence-corrected chi connectivity index (χ4v) is 6.69. The molecule has 6 heteroatoms. The molecule has 0 rings (SSSR count). The zero-order valence-corrected chi connectivity index (χ0v) is 35.4. The molecule has 0 saturated heterocycles. The van der Waals surface area contributed by atoms with Gasteiger partial charge < -0.3 is 14.2 Å². The fraction of sp³-hybridized carbons (Fsp3) is 0.935. The molecule has 2 unspecified atom stereocenters. The van der Waals surface area contributed by atoms with E-state index in [2.05, 4.69) is 34.6 Å². The van der Waals surface area contributed by atoms with Crippen LogP contribution in [0.15, 0.2) is 0 Å². The minimum Gasteiger partial charge on any atom is -0.462 e. The van der Waals surface area contributed by atoms with Gasteiger partial charge in [0.15, 0.2) is 6.10 Å². The van der Waals surface area contributed by atoms with Gasteiger partial charge in [-0.1, -0.05) is 208 Å². The summed E-state index contributed by atoms with van der Waals surface area (Å²) in [5.41, 5.74) is 0. The van der Waals surface area contributed by atoms with Gasteiger partial charge in [0.2, 0.25) is 0 Å². The average Bonchev–Trinajstić information content (AvgIpc) is 3.14. The molecule has 0 aromatic rings. The molecule has 0 N–H and O–H groups in total. The second-order valence-corrected chi connectivity index (χ2v) is 16.2. The first-order valence-electron chi connectivity index (χ1n) is 22.8. The SMILES string of the molecule is CCCCCCCCCCCCCCC(=O)OC[C@H](COC(=O)CCCCCCCCCCC(C)CC)OC(=O)CCCCCCCCC(C)CC. The van der Waals surface area contributed by atoms with Crippen molar-refractivity contribution < 1.29 is 28.6 Å². The Morgan fingerprint density at radius 2 is 0.673 bits per heavy atom. The molecule has 3 atom stereocenters. The topological polar surface area (TPSA) is 78.9 Å². The lowest BCUT2D eigenvalue weighted by molar-refractivity contribution is -0.167. The molecule has 52 heavy (non-hydrogen) atoms. The second-order valence-electron chi connectivity index (χ2n) is 16.2. The third-order valence-electron chi connectivity index (χ3n) is 10.9. The van der Waals surface area contributed by atoms with Crippen LogP contribution >= 0.6 is 0 Å². The normalized spacial score (nSPS) is 13.1. The molecule has 0 bridgehead atoms. The van der Waals surface area contributed by atoms with Crippen LogP contribution < -0.4 is 0 Å². The molecule has 0 aromatic heterocycles. The van der Waals surface area contributed by atoms with Crippen LogP contribution in [-0.4, -0.2) is 37.2 Å². The molecule has 0 saturated carbocycles. The van der Waals surface area contributed by atoms with Gasteiger partial charge in [0.25, 0.3) is 0 Å². The molecule has 0 aliphatic rings. The zero-order chi connectivity index (χ0) is 38.3. The Kier molecular flexibility index (Phi) is 37.9. The first kappa shape index (κ1) is 50.4. The Bertz CT molecular complexity index is 798. The van der Waals surface area contributed by atoms with Gasteiger partial charge in [-0.25, -0.2) is 0 Å². The Morgan fingerprint density at radius 3 is 1.00 bits per heavy atom. The monoisotopic (exact) mass is 737 g/mol. The van der Waals surface area contributed by atoms with Crippen molar-refractivity contribution in [1.29, 1.82) is 0 Å². The standard InChI is InChI=1S/C46H88O6/c1-6-9-10-11-12-13-14-15-16-20-26-31-36-44(47)50-39-43(52-46(49)38-33-28-23-22-25-30-35-42(5)8-3)40-51-45(48)37-32-27-21-18-17-19-24-29-34-41(4)7-2/h41-43H,6-40H2,1-5H3/t41?,42?,43-/m1/s1. The third kappa shape index (κ3) is 36.8. The Morgan fingerprint density at radius 1 is 0.385 bits per heavy atom. The van der Waals surface area contributed by atoms with Crippen LogP contribution in [0.4, 0.5) is 0 Å². The van der Waals surface area contributed by atoms with Gasteiger partial charge in [0.1, 0.15) is 13.2 Å². The highest BCUT2D eigenvalue weighted by atomic mass is 16.6. The van der Waals surface area contributed by atoms with E-state index in [1.54, 1.807) is 0 Å². The molecule has 0 fully saturated rings. The maximum absolute atomic E-state index is 12.7. The van der Waals surface area contributed by atoms with E-state index in [0.717, 1.165) is 69.6 Å². The summed E-state index contributed by atoms with van der Waals surface area (Å²) in [7, 11) is 0. The van der Waals surface area contributed by atoms with Crippen LogP contribution in [0.2, 0.25) is 0 Å². The minimum absolute atomic E-state index is 0.0658. The lowest BCUT2D eigenvalue weighted by Crippen LogP contribution is -2.30. The van der Waals surface area contributed by atoms with Crippen LogP contribution in [0.1, 0.15) is 247 Å². The molecule has 0 spiro atoms. The summed E-state index contributed by atoms with van der Waals surface area (Å²) in [4.78, 5) is 37.7. The van der Waals surface area contributed by atoms with E-state index in [1.807, 2.05) is 0 Å². The van der Waals surface area contributed by atoms with Crippen molar-refractivity contribution >= 4 is 17.9 Å². The Balaban J connectivity index is 4.35. The lowest BCUT2D eigenvalue weighted by Gasteiger charge is -2.18. The second kappa shape index (κ2) is 39.1. The molecule has 0 aliphatic carbocycles. The van der Waals surface area contributed by atoms with Crippen LogP contribution in [-0.2, 0) is 28.6 Å². The smallest absolute Gasteiger partial charge is 0.306 e. The van der Waals surface area contributed by atoms with Gasteiger partial charge >= 0.3 is 17.9 Å². The predicted molar refractivity (Wildman–Crippen MR) is 220 cm³/mol. The lowest BCUT2D eigenvalue weighted by atomic mass is 9.99. The average molecular weight is 737 g/mol. The first-order valence-corrected chi connectivity index (χ1v) is 22.8. The number of ether oxygens (including phenoxy) is 3. The van der Waals surface area contributed by atoms with Crippen molar-refractivity contribution in [3.63, 3.8) is 0 Å². The molecule has 0 radical (unpaired) electrons. The third-order valence-corrected chi connectivity index (χ3v) is 10.9. The highest BCUT2D eigenvalue weighted by Gasteiger charge is 2.19. The number of hydrogen-bond donors (Lipinski definition) is 0. The van der Waals surface area contributed by atoms with E-state index >= 15 is 0 Å². The van der Waals surface area contributed by atoms with Crippen molar-refractivity contribution in [2.45, 2.75) is 253 Å². The fourth-order valence-electron chi connectivity index (χ4n) is 6.69. The van der Waals surface area contributed by atoms with Crippen molar-refractivity contribution in [1.82, 2.24) is 0 Å². The van der Waals surface area contributed by atoms with E-state index in [4.69, 9.17) is 14.2 Å². The summed E-state index contributed by atoms with van der Waals surface area (Å²) in [6, 6.07) is 0. The van der Waals surface area contributed by atoms with Crippen LogP contribution in [0, 0.1) is 11.8 Å². The van der Waals surface area contributed by atoms with Gasteiger partial charge in [-0.2, -0.15) is 0 Å². The molecule has 0 amide bonds. The highest BCUT2D eigenvalue weighted by molar-refractivity contribution is 5.71. The van der Waals surface area contributed by atoms with E-state index < -0.39 is 6.10 Å². The number of carbonyl (C=O) groups is 3. The van der Waals surface area contributed by atoms with Crippen molar-refractivity contribution in [2.24, 2.45) is 11.8 Å². The Hall–Kier alpha value is -1.59. The highest BCUT2D eigenvalue weighted by Crippen LogP contribution is 2.17. The summed E-state index contributed by atoms with van der Waals surface area (Å²) < 4.78 is 16.7. The molecule has 6 nitrogen and oxygen atoms in total. The molecule has 0 aromatic carbocycles. The summed E-state index contributed by atoms with van der Waals surface area (Å²) in [6.07, 6.45) is 36.5. The van der Waals surface area contributed by atoms with Crippen molar-refractivity contribution in [3.05, 3.63) is 0 Å². The number of carbonyl (C=O) groups excluding carboxylic acids is 3. The molecule has 308 valence electrons. The number of rotatable bonds is 40. The summed E-state index contributed by atoms with van der Waals surface area (Å²) in [5.74, 6) is 0.796. The van der Waals surface area contributed by atoms with Gasteiger partial charge in [0, 0.05) is 19.3 Å². The molecule has 0 heterocycles. The number of unbranched alkanes of at least 4 members (excludes halogenated alkanes) is 23. The number of esters is 3. The first-order chi connectivity index (χ1) is 25.3. The molecular weight excluding hydrogens is 648 g/mol. The maximum Gasteiger partial charge on any atom is 0.306 e. The summed E-state index contributed by atoms with van der Waals surface area (Å²) in [5, 5.41) is 0. The quantitative estimate of drug-likeness (QED) is 0.0354. The van der Waals surface area contributed by atoms with Gasteiger partial charge in [-0.05, 0) is 31.1 Å². The maximum atomic E-state index is 12.7. The summed E-state index contributed by atoms with van der Waals surface area (Å²) >= 11 is 0. The summed E-state index contributed by atoms with van der Waals surface area (Å²) in [6.45, 7) is 11.3. The molecule has 0 aliphatic heterocycles. The van der Waals surface area contributed by atoms with Gasteiger partial charge in [-0.15, -0.1) is 0 Å². The van der Waals surface area contributed by atoms with Gasteiger partial charge in [-0.3, -0.25) is 14.4 Å². The van der Waals surface area contributed by atoms with Crippen LogP contribution in [0.25, 0.3) is 0 Å². The van der Waals surface area contributed by atoms with Crippen LogP contribution in [0.3, 0.4) is 0 Å². The van der Waals surface area contributed by atoms with E-state index in [1.165, 1.54) is 135 Å². The largest absolute Gasteiger partial charge is 0.462 e. The zero-order valence-electron chi connectivity index (χ0n) is 35.4. The predicted octanol–water partition coefficient (Wildman–Crippen LogP) is 14.2.